The molecule has 14 heavy (non-hydrogen) atoms. The molecule has 1 heterocycles. The fourth-order valence-corrected chi connectivity index (χ4v) is 1.60. The summed E-state index contributed by atoms with van der Waals surface area (Å²) in [6.07, 6.45) is 6.00. The summed E-state index contributed by atoms with van der Waals surface area (Å²) in [7, 11) is 3.96. The molecule has 0 aliphatic carbocycles. The average Bonchev–Trinajstić information content (AvgIpc) is 2.51. The van der Waals surface area contributed by atoms with E-state index in [2.05, 4.69) is 23.9 Å². The van der Waals surface area contributed by atoms with Crippen LogP contribution in [0, 0.1) is 6.92 Å². The molecule has 1 rings (SSSR count). The maximum atomic E-state index is 4.24. The Morgan fingerprint density at radius 1 is 1.71 bits per heavy atom. The molecule has 3 heteroatoms. The second-order valence-electron chi connectivity index (χ2n) is 3.52. The van der Waals surface area contributed by atoms with Crippen LogP contribution in [0.1, 0.15) is 30.1 Å². The molecule has 0 amide bonds. The van der Waals surface area contributed by atoms with Crippen LogP contribution < -0.4 is 5.32 Å². The van der Waals surface area contributed by atoms with Gasteiger partial charge in [-0.1, -0.05) is 6.08 Å². The van der Waals surface area contributed by atoms with Gasteiger partial charge in [-0.25, -0.2) is 0 Å². The van der Waals surface area contributed by atoms with E-state index in [1.807, 2.05) is 31.1 Å². The van der Waals surface area contributed by atoms with Gasteiger partial charge in [0.2, 0.25) is 0 Å². The zero-order valence-corrected chi connectivity index (χ0v) is 9.25. The maximum Gasteiger partial charge on any atom is 0.0540 e. The van der Waals surface area contributed by atoms with E-state index >= 15 is 0 Å². The van der Waals surface area contributed by atoms with Crippen molar-refractivity contribution in [2.75, 3.05) is 7.05 Å². The third-order valence-electron chi connectivity index (χ3n) is 2.66. The normalized spacial score (nSPS) is 12.8. The SMILES string of the molecule is C=CCCC(NC)c1cnn(C)c1C. The summed E-state index contributed by atoms with van der Waals surface area (Å²) in [6, 6.07) is 0.390. The molecule has 0 aliphatic rings. The minimum Gasteiger partial charge on any atom is -0.313 e. The third kappa shape index (κ3) is 2.23. The van der Waals surface area contributed by atoms with Gasteiger partial charge in [-0.3, -0.25) is 4.68 Å². The number of hydrogen-bond donors (Lipinski definition) is 1. The molecule has 0 spiro atoms. The lowest BCUT2D eigenvalue weighted by atomic mass is 10.0. The molecule has 0 saturated carbocycles. The van der Waals surface area contributed by atoms with Gasteiger partial charge in [0, 0.05) is 24.3 Å². The van der Waals surface area contributed by atoms with Crippen molar-refractivity contribution in [3.63, 3.8) is 0 Å². The monoisotopic (exact) mass is 193 g/mol. The van der Waals surface area contributed by atoms with E-state index in [1.165, 1.54) is 11.3 Å². The first-order valence-corrected chi connectivity index (χ1v) is 4.97. The molecule has 0 aliphatic heterocycles. The van der Waals surface area contributed by atoms with Crippen LogP contribution in [0.25, 0.3) is 0 Å². The molecule has 1 aromatic rings. The lowest BCUT2D eigenvalue weighted by molar-refractivity contribution is 0.550. The summed E-state index contributed by atoms with van der Waals surface area (Å²) in [5, 5.41) is 7.55. The minimum atomic E-state index is 0.390. The van der Waals surface area contributed by atoms with Crippen molar-refractivity contribution in [3.8, 4) is 0 Å². The standard InChI is InChI=1S/C11H19N3/c1-5-6-7-11(12-3)10-8-13-14(4)9(10)2/h5,8,11-12H,1,6-7H2,2-4H3. The molecule has 0 saturated heterocycles. The first-order valence-electron chi connectivity index (χ1n) is 4.97. The highest BCUT2D eigenvalue weighted by atomic mass is 15.3. The van der Waals surface area contributed by atoms with Crippen molar-refractivity contribution in [1.29, 1.82) is 0 Å². The van der Waals surface area contributed by atoms with E-state index in [0.717, 1.165) is 12.8 Å². The number of allylic oxidation sites excluding steroid dienone is 1. The number of hydrogen-bond acceptors (Lipinski definition) is 2. The summed E-state index contributed by atoms with van der Waals surface area (Å²) in [5.74, 6) is 0. The predicted octanol–water partition coefficient (Wildman–Crippen LogP) is 1.96. The minimum absolute atomic E-state index is 0.390. The van der Waals surface area contributed by atoms with Gasteiger partial charge >= 0.3 is 0 Å². The zero-order valence-electron chi connectivity index (χ0n) is 9.25. The fraction of sp³-hybridized carbons (Fsp3) is 0.545. The van der Waals surface area contributed by atoms with Crippen molar-refractivity contribution in [3.05, 3.63) is 30.1 Å². The summed E-state index contributed by atoms with van der Waals surface area (Å²) in [6.45, 7) is 5.84. The van der Waals surface area contributed by atoms with Crippen molar-refractivity contribution in [2.24, 2.45) is 7.05 Å². The third-order valence-corrected chi connectivity index (χ3v) is 2.66. The van der Waals surface area contributed by atoms with Crippen molar-refractivity contribution in [1.82, 2.24) is 15.1 Å². The summed E-state index contributed by atoms with van der Waals surface area (Å²) < 4.78 is 1.91. The van der Waals surface area contributed by atoms with Crippen LogP contribution in [-0.2, 0) is 7.05 Å². The lowest BCUT2D eigenvalue weighted by Gasteiger charge is -2.14. The quantitative estimate of drug-likeness (QED) is 0.724. The Balaban J connectivity index is 2.78. The molecule has 0 aromatic carbocycles. The van der Waals surface area contributed by atoms with Crippen LogP contribution in [0.15, 0.2) is 18.9 Å². The van der Waals surface area contributed by atoms with E-state index in [1.54, 1.807) is 0 Å². The Labute approximate surface area is 85.8 Å². The second-order valence-corrected chi connectivity index (χ2v) is 3.52. The Hall–Kier alpha value is -1.09. The van der Waals surface area contributed by atoms with Crippen molar-refractivity contribution >= 4 is 0 Å². The van der Waals surface area contributed by atoms with Crippen molar-refractivity contribution < 1.29 is 0 Å². The first kappa shape index (κ1) is 11.0. The predicted molar refractivity (Wildman–Crippen MR) is 59.2 cm³/mol. The Morgan fingerprint density at radius 3 is 2.86 bits per heavy atom. The highest BCUT2D eigenvalue weighted by Crippen LogP contribution is 2.20. The molecule has 1 aromatic heterocycles. The number of nitrogens with zero attached hydrogens (tertiary/aromatic N) is 2. The largest absolute Gasteiger partial charge is 0.313 e. The van der Waals surface area contributed by atoms with E-state index < -0.39 is 0 Å². The molecule has 1 N–H and O–H groups in total. The van der Waals surface area contributed by atoms with E-state index in [0.29, 0.717) is 6.04 Å². The Morgan fingerprint density at radius 2 is 2.43 bits per heavy atom. The van der Waals surface area contributed by atoms with Gasteiger partial charge in [-0.2, -0.15) is 5.10 Å². The van der Waals surface area contributed by atoms with Crippen molar-refractivity contribution in [2.45, 2.75) is 25.8 Å². The van der Waals surface area contributed by atoms with Crippen LogP contribution in [0.4, 0.5) is 0 Å². The molecular formula is C11H19N3. The first-order chi connectivity index (χ1) is 6.70. The van der Waals surface area contributed by atoms with Gasteiger partial charge in [0.05, 0.1) is 6.20 Å². The van der Waals surface area contributed by atoms with Crippen LogP contribution >= 0.6 is 0 Å². The topological polar surface area (TPSA) is 29.9 Å². The molecule has 0 bridgehead atoms. The molecule has 1 atom stereocenters. The van der Waals surface area contributed by atoms with Gasteiger partial charge < -0.3 is 5.32 Å². The number of rotatable bonds is 5. The molecular weight excluding hydrogens is 174 g/mol. The molecule has 0 fully saturated rings. The maximum absolute atomic E-state index is 4.24. The van der Waals surface area contributed by atoms with Crippen LogP contribution in [0.2, 0.25) is 0 Å². The molecule has 78 valence electrons. The van der Waals surface area contributed by atoms with Gasteiger partial charge in [-0.05, 0) is 26.8 Å². The summed E-state index contributed by atoms with van der Waals surface area (Å²) in [4.78, 5) is 0. The van der Waals surface area contributed by atoms with Gasteiger partial charge in [0.25, 0.3) is 0 Å². The van der Waals surface area contributed by atoms with E-state index in [9.17, 15) is 0 Å². The fourth-order valence-electron chi connectivity index (χ4n) is 1.60. The van der Waals surface area contributed by atoms with Crippen LogP contribution in [0.5, 0.6) is 0 Å². The van der Waals surface area contributed by atoms with Crippen LogP contribution in [-0.4, -0.2) is 16.8 Å². The highest BCUT2D eigenvalue weighted by Gasteiger charge is 2.13. The van der Waals surface area contributed by atoms with E-state index in [-0.39, 0.29) is 0 Å². The summed E-state index contributed by atoms with van der Waals surface area (Å²) in [5.41, 5.74) is 2.52. The lowest BCUT2D eigenvalue weighted by Crippen LogP contribution is -2.16. The second kappa shape index (κ2) is 4.96. The Kier molecular flexibility index (Phi) is 3.89. The van der Waals surface area contributed by atoms with Crippen LogP contribution in [0.3, 0.4) is 0 Å². The molecule has 1 unspecified atom stereocenters. The number of aromatic nitrogens is 2. The van der Waals surface area contributed by atoms with Gasteiger partial charge in [0.15, 0.2) is 0 Å². The number of aryl methyl sites for hydroxylation is 1. The smallest absolute Gasteiger partial charge is 0.0540 e. The molecule has 0 radical (unpaired) electrons. The number of nitrogens with one attached hydrogen (secondary N) is 1. The zero-order chi connectivity index (χ0) is 10.6. The molecule has 3 nitrogen and oxygen atoms in total. The average molecular weight is 193 g/mol. The Bertz CT molecular complexity index is 301. The highest BCUT2D eigenvalue weighted by molar-refractivity contribution is 5.20. The summed E-state index contributed by atoms with van der Waals surface area (Å²) >= 11 is 0. The van der Waals surface area contributed by atoms with E-state index in [4.69, 9.17) is 0 Å². The van der Waals surface area contributed by atoms with Gasteiger partial charge in [0.1, 0.15) is 0 Å². The van der Waals surface area contributed by atoms with Gasteiger partial charge in [-0.15, -0.1) is 6.58 Å².